The van der Waals surface area contributed by atoms with E-state index >= 15 is 0 Å². The molecule has 0 N–H and O–H groups in total. The van der Waals surface area contributed by atoms with E-state index < -0.39 is 0 Å². The summed E-state index contributed by atoms with van der Waals surface area (Å²) in [6.45, 7) is 4.05. The van der Waals surface area contributed by atoms with Crippen LogP contribution in [0.25, 0.3) is 0 Å². The second-order valence-electron chi connectivity index (χ2n) is 2.70. The SMILES string of the molecule is CC1(C)C=NC=C(I)C=N1. The number of hydrogen-bond acceptors (Lipinski definition) is 2. The van der Waals surface area contributed by atoms with Gasteiger partial charge in [0, 0.05) is 22.2 Å². The maximum atomic E-state index is 4.29. The van der Waals surface area contributed by atoms with Gasteiger partial charge in [0.05, 0.1) is 5.54 Å². The fourth-order valence-corrected chi connectivity index (χ4v) is 0.886. The number of hydrogen-bond donors (Lipinski definition) is 0. The van der Waals surface area contributed by atoms with Gasteiger partial charge in [-0.3, -0.25) is 9.98 Å². The quantitative estimate of drug-likeness (QED) is 0.587. The molecule has 0 aromatic carbocycles. The van der Waals surface area contributed by atoms with E-state index in [1.807, 2.05) is 26.3 Å². The number of nitrogens with zero attached hydrogens (tertiary/aromatic N) is 2. The smallest absolute Gasteiger partial charge is 0.0901 e. The van der Waals surface area contributed by atoms with Crippen molar-refractivity contribution in [2.24, 2.45) is 9.98 Å². The molecule has 0 unspecified atom stereocenters. The summed E-state index contributed by atoms with van der Waals surface area (Å²) in [5.74, 6) is 0. The van der Waals surface area contributed by atoms with E-state index in [1.165, 1.54) is 0 Å². The standard InChI is InChI=1S/C7H9IN2/c1-7(2)5-9-3-6(8)4-10-7/h3-5H,1-2H3. The molecular weight excluding hydrogens is 239 g/mol. The second kappa shape index (κ2) is 2.82. The summed E-state index contributed by atoms with van der Waals surface area (Å²) in [5.41, 5.74) is -0.135. The van der Waals surface area contributed by atoms with Gasteiger partial charge in [0.2, 0.25) is 0 Å². The predicted molar refractivity (Wildman–Crippen MR) is 53.2 cm³/mol. The summed E-state index contributed by atoms with van der Waals surface area (Å²) in [6.07, 6.45) is 5.49. The minimum Gasteiger partial charge on any atom is -0.280 e. The fourth-order valence-electron chi connectivity index (χ4n) is 0.586. The first-order valence-electron chi connectivity index (χ1n) is 3.05. The van der Waals surface area contributed by atoms with Crippen molar-refractivity contribution in [3.8, 4) is 0 Å². The molecule has 1 aliphatic heterocycles. The summed E-state index contributed by atoms with van der Waals surface area (Å²) in [4.78, 5) is 8.37. The Morgan fingerprint density at radius 3 is 2.90 bits per heavy atom. The van der Waals surface area contributed by atoms with Crippen LogP contribution in [0.3, 0.4) is 0 Å². The Labute approximate surface area is 74.3 Å². The van der Waals surface area contributed by atoms with Crippen LogP contribution in [0, 0.1) is 0 Å². The van der Waals surface area contributed by atoms with Gasteiger partial charge in [-0.05, 0) is 36.4 Å². The lowest BCUT2D eigenvalue weighted by Gasteiger charge is -2.09. The van der Waals surface area contributed by atoms with Crippen LogP contribution in [-0.2, 0) is 0 Å². The Kier molecular flexibility index (Phi) is 2.23. The second-order valence-corrected chi connectivity index (χ2v) is 3.95. The topological polar surface area (TPSA) is 24.7 Å². The highest BCUT2D eigenvalue weighted by molar-refractivity contribution is 14.1. The molecule has 0 atom stereocenters. The van der Waals surface area contributed by atoms with Gasteiger partial charge in [0.1, 0.15) is 0 Å². The first-order chi connectivity index (χ1) is 4.60. The lowest BCUT2D eigenvalue weighted by atomic mass is 10.1. The Balaban J connectivity index is 2.88. The lowest BCUT2D eigenvalue weighted by molar-refractivity contribution is 0.723. The van der Waals surface area contributed by atoms with Gasteiger partial charge < -0.3 is 0 Å². The van der Waals surface area contributed by atoms with Gasteiger partial charge in [0.15, 0.2) is 0 Å². The number of rotatable bonds is 0. The van der Waals surface area contributed by atoms with Crippen molar-refractivity contribution < 1.29 is 0 Å². The molecule has 0 saturated carbocycles. The van der Waals surface area contributed by atoms with Gasteiger partial charge in [-0.1, -0.05) is 0 Å². The first-order valence-corrected chi connectivity index (χ1v) is 4.13. The molecule has 2 nitrogen and oxygen atoms in total. The zero-order valence-corrected chi connectivity index (χ0v) is 8.16. The van der Waals surface area contributed by atoms with Gasteiger partial charge in [-0.25, -0.2) is 0 Å². The summed E-state index contributed by atoms with van der Waals surface area (Å²) in [7, 11) is 0. The van der Waals surface area contributed by atoms with Crippen molar-refractivity contribution in [3.63, 3.8) is 0 Å². The molecule has 1 aliphatic rings. The van der Waals surface area contributed by atoms with E-state index in [1.54, 1.807) is 6.20 Å². The van der Waals surface area contributed by atoms with Crippen molar-refractivity contribution in [1.29, 1.82) is 0 Å². The van der Waals surface area contributed by atoms with Crippen LogP contribution in [0.5, 0.6) is 0 Å². The summed E-state index contributed by atoms with van der Waals surface area (Å²) in [5, 5.41) is 0. The molecule has 0 aliphatic carbocycles. The summed E-state index contributed by atoms with van der Waals surface area (Å²) < 4.78 is 1.07. The van der Waals surface area contributed by atoms with E-state index in [0.29, 0.717) is 0 Å². The Bertz CT molecular complexity index is 214. The molecule has 0 bridgehead atoms. The number of halogens is 1. The van der Waals surface area contributed by atoms with Crippen LogP contribution in [0.2, 0.25) is 0 Å². The minimum absolute atomic E-state index is 0.135. The van der Waals surface area contributed by atoms with Crippen LogP contribution >= 0.6 is 22.6 Å². The summed E-state index contributed by atoms with van der Waals surface area (Å²) in [6, 6.07) is 0. The van der Waals surface area contributed by atoms with Crippen LogP contribution in [-0.4, -0.2) is 18.0 Å². The van der Waals surface area contributed by atoms with Crippen molar-refractivity contribution in [1.82, 2.24) is 0 Å². The van der Waals surface area contributed by atoms with Crippen molar-refractivity contribution in [2.45, 2.75) is 19.4 Å². The third kappa shape index (κ3) is 2.21. The zero-order valence-electron chi connectivity index (χ0n) is 6.00. The van der Waals surface area contributed by atoms with Gasteiger partial charge in [-0.2, -0.15) is 0 Å². The third-order valence-electron chi connectivity index (χ3n) is 1.11. The Morgan fingerprint density at radius 1 is 1.50 bits per heavy atom. The zero-order chi connectivity index (χ0) is 7.61. The monoisotopic (exact) mass is 248 g/mol. The molecule has 0 saturated heterocycles. The molecule has 1 heterocycles. The molecule has 54 valence electrons. The van der Waals surface area contributed by atoms with Gasteiger partial charge in [0.25, 0.3) is 0 Å². The van der Waals surface area contributed by atoms with E-state index in [4.69, 9.17) is 0 Å². The van der Waals surface area contributed by atoms with Gasteiger partial charge in [-0.15, -0.1) is 0 Å². The highest BCUT2D eigenvalue weighted by atomic mass is 127. The molecule has 1 rings (SSSR count). The van der Waals surface area contributed by atoms with Crippen molar-refractivity contribution >= 4 is 35.0 Å². The van der Waals surface area contributed by atoms with Crippen LogP contribution < -0.4 is 0 Å². The van der Waals surface area contributed by atoms with E-state index in [9.17, 15) is 0 Å². The van der Waals surface area contributed by atoms with Crippen molar-refractivity contribution in [3.05, 3.63) is 9.78 Å². The molecule has 0 aromatic heterocycles. The summed E-state index contributed by atoms with van der Waals surface area (Å²) >= 11 is 2.20. The highest BCUT2D eigenvalue weighted by Gasteiger charge is 2.11. The van der Waals surface area contributed by atoms with Crippen LogP contribution in [0.1, 0.15) is 13.8 Å². The molecule has 3 heteroatoms. The lowest BCUT2D eigenvalue weighted by Crippen LogP contribution is -2.17. The molecule has 0 radical (unpaired) electrons. The predicted octanol–water partition coefficient (Wildman–Crippen LogP) is 2.20. The van der Waals surface area contributed by atoms with E-state index in [-0.39, 0.29) is 5.54 Å². The molecule has 10 heavy (non-hydrogen) atoms. The minimum atomic E-state index is -0.135. The average molecular weight is 248 g/mol. The molecule has 0 fully saturated rings. The van der Waals surface area contributed by atoms with Crippen molar-refractivity contribution in [2.75, 3.05) is 0 Å². The molecule has 0 spiro atoms. The fraction of sp³-hybridized carbons (Fsp3) is 0.429. The molecule has 0 aromatic rings. The van der Waals surface area contributed by atoms with Crippen LogP contribution in [0.15, 0.2) is 19.8 Å². The Hall–Kier alpha value is -0.190. The first kappa shape index (κ1) is 7.91. The van der Waals surface area contributed by atoms with E-state index in [0.717, 1.165) is 3.58 Å². The molecular formula is C7H9IN2. The maximum absolute atomic E-state index is 4.29. The number of allylic oxidation sites excluding steroid dienone is 1. The van der Waals surface area contributed by atoms with E-state index in [2.05, 4.69) is 32.6 Å². The highest BCUT2D eigenvalue weighted by Crippen LogP contribution is 2.12. The Morgan fingerprint density at radius 2 is 2.20 bits per heavy atom. The normalized spacial score (nSPS) is 22.1. The van der Waals surface area contributed by atoms with Crippen LogP contribution in [0.4, 0.5) is 0 Å². The largest absolute Gasteiger partial charge is 0.280 e. The third-order valence-corrected chi connectivity index (χ3v) is 1.67. The van der Waals surface area contributed by atoms with Gasteiger partial charge >= 0.3 is 0 Å². The number of aliphatic imine (C=N–C) groups is 2. The maximum Gasteiger partial charge on any atom is 0.0901 e. The molecule has 0 amide bonds. The average Bonchev–Trinajstić information content (AvgIpc) is 1.94.